The van der Waals surface area contributed by atoms with Gasteiger partial charge >= 0.3 is 0 Å². The fraction of sp³-hybridized carbons (Fsp3) is 0.111. The lowest BCUT2D eigenvalue weighted by atomic mass is 10.1. The Morgan fingerprint density at radius 2 is 2.05 bits per heavy atom. The highest BCUT2D eigenvalue weighted by molar-refractivity contribution is 5.78. The van der Waals surface area contributed by atoms with Gasteiger partial charge in [-0.25, -0.2) is 0 Å². The maximum Gasteiger partial charge on any atom is 0.124 e. The van der Waals surface area contributed by atoms with Crippen molar-refractivity contribution in [3.05, 3.63) is 71.4 Å². The van der Waals surface area contributed by atoms with Crippen molar-refractivity contribution in [1.82, 2.24) is 4.98 Å². The van der Waals surface area contributed by atoms with Crippen molar-refractivity contribution in [2.75, 3.05) is 0 Å². The Morgan fingerprint density at radius 3 is 2.90 bits per heavy atom. The summed E-state index contributed by atoms with van der Waals surface area (Å²) < 4.78 is 5.84. The predicted octanol–water partition coefficient (Wildman–Crippen LogP) is 3.99. The molecular formula is C18H14N2O. The van der Waals surface area contributed by atoms with Crippen molar-refractivity contribution in [2.24, 2.45) is 0 Å². The molecule has 21 heavy (non-hydrogen) atoms. The smallest absolute Gasteiger partial charge is 0.124 e. The molecule has 3 nitrogen and oxygen atoms in total. The molecule has 0 saturated carbocycles. The van der Waals surface area contributed by atoms with Crippen LogP contribution in [-0.2, 0) is 6.61 Å². The largest absolute Gasteiger partial charge is 0.489 e. The maximum atomic E-state index is 8.94. The fourth-order valence-electron chi connectivity index (χ4n) is 2.20. The highest BCUT2D eigenvalue weighted by Crippen LogP contribution is 2.21. The number of aromatic nitrogens is 1. The van der Waals surface area contributed by atoms with E-state index in [4.69, 9.17) is 10.00 Å². The summed E-state index contributed by atoms with van der Waals surface area (Å²) in [6.07, 6.45) is 1.79. The molecule has 3 rings (SSSR count). The number of fused-ring (bicyclic) bond motifs is 1. The first-order chi connectivity index (χ1) is 10.3. The first kappa shape index (κ1) is 13.1. The zero-order chi connectivity index (χ0) is 14.7. The van der Waals surface area contributed by atoms with Gasteiger partial charge in [-0.1, -0.05) is 18.2 Å². The second-order valence-electron chi connectivity index (χ2n) is 4.91. The highest BCUT2D eigenvalue weighted by atomic mass is 16.5. The van der Waals surface area contributed by atoms with Gasteiger partial charge in [0.25, 0.3) is 0 Å². The van der Waals surface area contributed by atoms with Crippen LogP contribution >= 0.6 is 0 Å². The van der Waals surface area contributed by atoms with E-state index in [0.29, 0.717) is 12.2 Å². The molecule has 3 aromatic rings. The number of nitrogens with zero attached hydrogens (tertiary/aromatic N) is 2. The lowest BCUT2D eigenvalue weighted by Crippen LogP contribution is -1.97. The molecule has 0 aliphatic rings. The Balaban J connectivity index is 1.82. The number of nitriles is 1. The van der Waals surface area contributed by atoms with Crippen LogP contribution < -0.4 is 4.74 Å². The van der Waals surface area contributed by atoms with E-state index < -0.39 is 0 Å². The molecule has 0 saturated heterocycles. The summed E-state index contributed by atoms with van der Waals surface area (Å²) in [7, 11) is 0. The van der Waals surface area contributed by atoms with Crippen molar-refractivity contribution >= 4 is 10.9 Å². The number of pyridine rings is 1. The van der Waals surface area contributed by atoms with Crippen LogP contribution in [0.1, 0.15) is 16.7 Å². The third-order valence-electron chi connectivity index (χ3n) is 3.38. The molecule has 0 atom stereocenters. The van der Waals surface area contributed by atoms with E-state index >= 15 is 0 Å². The van der Waals surface area contributed by atoms with E-state index in [2.05, 4.69) is 17.1 Å². The van der Waals surface area contributed by atoms with Crippen molar-refractivity contribution in [3.63, 3.8) is 0 Å². The molecule has 0 radical (unpaired) electrons. The highest BCUT2D eigenvalue weighted by Gasteiger charge is 2.03. The number of aryl methyl sites for hydroxylation is 1. The third kappa shape index (κ3) is 2.85. The lowest BCUT2D eigenvalue weighted by molar-refractivity contribution is 0.304. The minimum absolute atomic E-state index is 0.473. The molecule has 0 spiro atoms. The first-order valence-corrected chi connectivity index (χ1v) is 6.73. The number of hydrogen-bond donors (Lipinski definition) is 0. The van der Waals surface area contributed by atoms with E-state index in [9.17, 15) is 0 Å². The van der Waals surface area contributed by atoms with E-state index in [1.807, 2.05) is 37.3 Å². The number of benzene rings is 2. The van der Waals surface area contributed by atoms with Gasteiger partial charge in [0.2, 0.25) is 0 Å². The molecule has 0 amide bonds. The predicted molar refractivity (Wildman–Crippen MR) is 82.0 cm³/mol. The van der Waals surface area contributed by atoms with Crippen LogP contribution in [0.5, 0.6) is 5.75 Å². The van der Waals surface area contributed by atoms with Gasteiger partial charge in [-0.3, -0.25) is 4.98 Å². The second-order valence-corrected chi connectivity index (χ2v) is 4.91. The fourth-order valence-corrected chi connectivity index (χ4v) is 2.20. The van der Waals surface area contributed by atoms with Gasteiger partial charge in [-0.05, 0) is 48.4 Å². The molecule has 1 heterocycles. The Hall–Kier alpha value is -2.86. The molecule has 0 bridgehead atoms. The van der Waals surface area contributed by atoms with Crippen molar-refractivity contribution < 1.29 is 4.74 Å². The average Bonchev–Trinajstić information content (AvgIpc) is 2.54. The molecule has 0 fully saturated rings. The minimum Gasteiger partial charge on any atom is -0.489 e. The molecule has 0 aliphatic carbocycles. The molecule has 0 aliphatic heterocycles. The van der Waals surface area contributed by atoms with Crippen LogP contribution in [-0.4, -0.2) is 4.98 Å². The van der Waals surface area contributed by atoms with Gasteiger partial charge in [-0.2, -0.15) is 5.26 Å². The van der Waals surface area contributed by atoms with Crippen molar-refractivity contribution in [3.8, 4) is 11.8 Å². The number of ether oxygens (including phenoxy) is 1. The summed E-state index contributed by atoms with van der Waals surface area (Å²) in [6.45, 7) is 2.45. The molecule has 102 valence electrons. The van der Waals surface area contributed by atoms with Crippen LogP contribution in [0.25, 0.3) is 10.9 Å². The quantitative estimate of drug-likeness (QED) is 0.725. The summed E-state index contributed by atoms with van der Waals surface area (Å²) in [4.78, 5) is 4.30. The summed E-state index contributed by atoms with van der Waals surface area (Å²) in [5.74, 6) is 0.750. The summed E-state index contributed by atoms with van der Waals surface area (Å²) in [6, 6.07) is 17.6. The van der Waals surface area contributed by atoms with Crippen LogP contribution in [0.2, 0.25) is 0 Å². The SMILES string of the molecule is Cc1ccc(C#N)cc1OCc1ccc2ncccc2c1. The first-order valence-electron chi connectivity index (χ1n) is 6.73. The van der Waals surface area contributed by atoms with E-state index in [1.165, 1.54) is 0 Å². The van der Waals surface area contributed by atoms with Crippen molar-refractivity contribution in [2.45, 2.75) is 13.5 Å². The van der Waals surface area contributed by atoms with Crippen LogP contribution in [0.3, 0.4) is 0 Å². The Labute approximate surface area is 123 Å². The monoisotopic (exact) mass is 274 g/mol. The van der Waals surface area contributed by atoms with Gasteiger partial charge < -0.3 is 4.74 Å². The molecular weight excluding hydrogens is 260 g/mol. The molecule has 3 heteroatoms. The Kier molecular flexibility index (Phi) is 3.53. The van der Waals surface area contributed by atoms with Crippen molar-refractivity contribution in [1.29, 1.82) is 5.26 Å². The summed E-state index contributed by atoms with van der Waals surface area (Å²) in [5, 5.41) is 10.0. The zero-order valence-corrected chi connectivity index (χ0v) is 11.7. The summed E-state index contributed by atoms with van der Waals surface area (Å²) in [5.41, 5.74) is 3.69. The van der Waals surface area contributed by atoms with Gasteiger partial charge in [0, 0.05) is 11.6 Å². The minimum atomic E-state index is 0.473. The second kappa shape index (κ2) is 5.64. The Bertz CT molecular complexity index is 834. The topological polar surface area (TPSA) is 45.9 Å². The van der Waals surface area contributed by atoms with Gasteiger partial charge in [0.15, 0.2) is 0 Å². The van der Waals surface area contributed by atoms with Crippen LogP contribution in [0, 0.1) is 18.3 Å². The molecule has 0 N–H and O–H groups in total. The van der Waals surface area contributed by atoms with Gasteiger partial charge in [0.05, 0.1) is 17.1 Å². The van der Waals surface area contributed by atoms with Gasteiger partial charge in [0.1, 0.15) is 12.4 Å². The third-order valence-corrected chi connectivity index (χ3v) is 3.38. The van der Waals surface area contributed by atoms with E-state index in [1.54, 1.807) is 18.3 Å². The van der Waals surface area contributed by atoms with E-state index in [-0.39, 0.29) is 0 Å². The standard InChI is InChI=1S/C18H14N2O/c1-13-4-5-14(11-19)10-18(13)21-12-15-6-7-17-16(9-15)3-2-8-20-17/h2-10H,12H2,1H3. The Morgan fingerprint density at radius 1 is 1.14 bits per heavy atom. The molecule has 2 aromatic carbocycles. The average molecular weight is 274 g/mol. The van der Waals surface area contributed by atoms with Gasteiger partial charge in [-0.15, -0.1) is 0 Å². The number of rotatable bonds is 3. The maximum absolute atomic E-state index is 8.94. The normalized spacial score (nSPS) is 10.3. The lowest BCUT2D eigenvalue weighted by Gasteiger charge is -2.10. The molecule has 1 aromatic heterocycles. The molecule has 0 unspecified atom stereocenters. The number of hydrogen-bond acceptors (Lipinski definition) is 3. The van der Waals surface area contributed by atoms with Crippen LogP contribution in [0.4, 0.5) is 0 Å². The van der Waals surface area contributed by atoms with Crippen LogP contribution in [0.15, 0.2) is 54.7 Å². The zero-order valence-electron chi connectivity index (χ0n) is 11.7. The van der Waals surface area contributed by atoms with E-state index in [0.717, 1.165) is 27.8 Å². The summed E-state index contributed by atoms with van der Waals surface area (Å²) >= 11 is 0.